The Morgan fingerprint density at radius 1 is 0.847 bits per heavy atom. The number of fused-ring (bicyclic) bond motifs is 2. The first-order valence-electron chi connectivity index (χ1n) is 25.5. The number of piperazine rings is 1. The molecule has 9 heterocycles. The van der Waals surface area contributed by atoms with Gasteiger partial charge in [0.15, 0.2) is 0 Å². The maximum atomic E-state index is 14.7. The van der Waals surface area contributed by atoms with E-state index >= 15 is 0 Å². The Balaban J connectivity index is 0.622. The van der Waals surface area contributed by atoms with E-state index in [4.69, 9.17) is 9.47 Å². The van der Waals surface area contributed by atoms with Crippen LogP contribution in [0.15, 0.2) is 72.0 Å². The van der Waals surface area contributed by atoms with Gasteiger partial charge in [-0.2, -0.15) is 13.2 Å². The maximum Gasteiger partial charge on any atom is 0.418 e. The molecule has 0 saturated carbocycles. The Bertz CT molecular complexity index is 2870. The van der Waals surface area contributed by atoms with E-state index in [2.05, 4.69) is 41.2 Å². The number of nitrogens with one attached hydrogen (secondary N) is 1. The summed E-state index contributed by atoms with van der Waals surface area (Å²) < 4.78 is 60.2. The molecule has 1 unspecified atom stereocenters. The van der Waals surface area contributed by atoms with Crippen LogP contribution in [0, 0.1) is 11.8 Å². The van der Waals surface area contributed by atoms with Gasteiger partial charge < -0.3 is 28.7 Å². The number of nitrogens with zero attached hydrogens (tertiary/aromatic N) is 10. The number of likely N-dealkylation sites (tertiary alicyclic amines) is 2. The molecule has 72 heavy (non-hydrogen) atoms. The molecule has 382 valence electrons. The molecule has 17 nitrogen and oxygen atoms in total. The lowest BCUT2D eigenvalue weighted by Crippen LogP contribution is -2.52. The Labute approximate surface area is 415 Å². The number of piperidine rings is 3. The number of aryl methyl sites for hydroxylation is 1. The Hall–Kier alpha value is -5.93. The summed E-state index contributed by atoms with van der Waals surface area (Å²) in [6.45, 7) is 11.6. The Morgan fingerprint density at radius 3 is 2.33 bits per heavy atom. The number of alkyl halides is 3. The first kappa shape index (κ1) is 48.3. The molecule has 11 rings (SSSR count). The van der Waals surface area contributed by atoms with Crippen LogP contribution in [0.3, 0.4) is 0 Å². The van der Waals surface area contributed by atoms with Gasteiger partial charge in [0.2, 0.25) is 11.8 Å². The van der Waals surface area contributed by atoms with Gasteiger partial charge in [0.05, 0.1) is 48.6 Å². The molecule has 1 N–H and O–H groups in total. The largest absolute Gasteiger partial charge is 0.418 e. The monoisotopic (exact) mass is 993 g/mol. The van der Waals surface area contributed by atoms with Crippen LogP contribution in [-0.4, -0.2) is 158 Å². The molecule has 0 aliphatic carbocycles. The SMILES string of the molecule is Cn1cnnc1[C@@H](c1cccc(-n2cc3c(C(F)(F)F)cc(CN4CCC(OCCN5CCC(CN6CCN(c7ccc8c(c7)CN(C7CCC(=O)NC7=O)C8=O)CC6)CC5)CC4)cn3c2=O)c1)C1COC1. The summed E-state index contributed by atoms with van der Waals surface area (Å²) in [4.78, 5) is 62.5. The number of hydrogen-bond acceptors (Lipinski definition) is 12. The molecule has 5 fully saturated rings. The minimum Gasteiger partial charge on any atom is -0.381 e. The van der Waals surface area contributed by atoms with Crippen molar-refractivity contribution in [2.75, 3.05) is 90.2 Å². The molecule has 3 amide bonds. The third-order valence-electron chi connectivity index (χ3n) is 16.0. The molecule has 6 aliphatic rings. The van der Waals surface area contributed by atoms with Crippen LogP contribution < -0.4 is 15.9 Å². The number of hydrogen-bond donors (Lipinski definition) is 1. The summed E-state index contributed by atoms with van der Waals surface area (Å²) in [5.41, 5.74) is 2.83. The highest BCUT2D eigenvalue weighted by molar-refractivity contribution is 6.05. The minimum atomic E-state index is -4.67. The number of benzene rings is 2. The zero-order valence-corrected chi connectivity index (χ0v) is 40.6. The molecule has 2 atom stereocenters. The maximum absolute atomic E-state index is 14.7. The third kappa shape index (κ3) is 9.95. The van der Waals surface area contributed by atoms with Crippen molar-refractivity contribution in [2.45, 2.75) is 75.9 Å². The highest BCUT2D eigenvalue weighted by Gasteiger charge is 2.40. The second kappa shape index (κ2) is 20.2. The average Bonchev–Trinajstić information content (AvgIpc) is 4.04. The summed E-state index contributed by atoms with van der Waals surface area (Å²) in [6, 6.07) is 13.9. The van der Waals surface area contributed by atoms with E-state index in [9.17, 15) is 32.3 Å². The third-order valence-corrected chi connectivity index (χ3v) is 16.0. The lowest BCUT2D eigenvalue weighted by molar-refractivity contribution is -0.137. The zero-order valence-electron chi connectivity index (χ0n) is 40.6. The predicted molar refractivity (Wildman–Crippen MR) is 260 cm³/mol. The number of amides is 3. The average molecular weight is 994 g/mol. The van der Waals surface area contributed by atoms with Crippen LogP contribution in [0.2, 0.25) is 0 Å². The second-order valence-electron chi connectivity index (χ2n) is 20.6. The number of imide groups is 1. The fourth-order valence-corrected chi connectivity index (χ4v) is 11.8. The Kier molecular flexibility index (Phi) is 13.5. The Morgan fingerprint density at radius 2 is 1.62 bits per heavy atom. The van der Waals surface area contributed by atoms with E-state index in [0.717, 1.165) is 105 Å². The van der Waals surface area contributed by atoms with Gasteiger partial charge >= 0.3 is 11.9 Å². The van der Waals surface area contributed by atoms with Crippen LogP contribution in [0.5, 0.6) is 0 Å². The fraction of sp³-hybridized carbons (Fsp3) is 0.538. The second-order valence-corrected chi connectivity index (χ2v) is 20.6. The van der Waals surface area contributed by atoms with Crippen molar-refractivity contribution in [2.24, 2.45) is 18.9 Å². The van der Waals surface area contributed by atoms with E-state index in [-0.39, 0.29) is 41.7 Å². The van der Waals surface area contributed by atoms with Gasteiger partial charge in [0.1, 0.15) is 18.2 Å². The topological polar surface area (TPSA) is 155 Å². The predicted octanol–water partition coefficient (Wildman–Crippen LogP) is 4.29. The molecule has 6 aliphatic heterocycles. The van der Waals surface area contributed by atoms with Gasteiger partial charge in [-0.15, -0.1) is 10.2 Å². The van der Waals surface area contributed by atoms with Crippen LogP contribution >= 0.6 is 0 Å². The first-order valence-corrected chi connectivity index (χ1v) is 25.5. The fourth-order valence-electron chi connectivity index (χ4n) is 11.8. The van der Waals surface area contributed by atoms with Crippen LogP contribution in [0.25, 0.3) is 11.2 Å². The molecule has 5 saturated heterocycles. The van der Waals surface area contributed by atoms with Gasteiger partial charge in [-0.05, 0) is 104 Å². The quantitative estimate of drug-likeness (QED) is 0.158. The standard InChI is InChI=1S/C52H62F3N11O6/c1-59-33-56-58-48(59)47(38-31-71-32-38)36-3-2-4-40(24-36)64-30-45-43(52(53,54)55)23-35(28-66(45)51(64)70)27-61-15-11-41(12-16-61)72-22-21-60-13-9-34(10-14-60)26-62-17-19-63(20-18-62)39-5-6-42-37(25-39)29-65(50(42)69)44-7-8-46(67)57-49(44)68/h2-6,23-25,28,30,33-34,38,41,44,47H,7-22,26-27,29,31-32H2,1H3,(H,57,67,68)/t44?,47-/m0/s1. The van der Waals surface area contributed by atoms with E-state index in [1.807, 2.05) is 41.9 Å². The summed E-state index contributed by atoms with van der Waals surface area (Å²) >= 11 is 0. The van der Waals surface area contributed by atoms with Crippen LogP contribution in [-0.2, 0) is 45.4 Å². The van der Waals surface area contributed by atoms with Crippen molar-refractivity contribution in [3.8, 4) is 5.69 Å². The van der Waals surface area contributed by atoms with Crippen molar-refractivity contribution in [3.05, 3.63) is 111 Å². The van der Waals surface area contributed by atoms with Crippen LogP contribution in [0.1, 0.15) is 82.9 Å². The number of aromatic nitrogens is 5. The normalized spacial score (nSPS) is 21.9. The first-order chi connectivity index (χ1) is 34.8. The molecule has 5 aromatic rings. The molecule has 0 radical (unpaired) electrons. The summed E-state index contributed by atoms with van der Waals surface area (Å²) in [7, 11) is 1.87. The molecule has 3 aromatic heterocycles. The van der Waals surface area contributed by atoms with Gasteiger partial charge in [-0.1, -0.05) is 12.1 Å². The van der Waals surface area contributed by atoms with Crippen molar-refractivity contribution >= 4 is 28.9 Å². The van der Waals surface area contributed by atoms with Gasteiger partial charge in [0, 0.05) is 108 Å². The lowest BCUT2D eigenvalue weighted by Gasteiger charge is -2.39. The smallest absolute Gasteiger partial charge is 0.381 e. The highest BCUT2D eigenvalue weighted by atomic mass is 19.4. The van der Waals surface area contributed by atoms with E-state index in [0.29, 0.717) is 75.2 Å². The van der Waals surface area contributed by atoms with Gasteiger partial charge in [-0.25, -0.2) is 4.79 Å². The number of rotatable bonds is 14. The molecule has 0 bridgehead atoms. The lowest BCUT2D eigenvalue weighted by atomic mass is 9.84. The van der Waals surface area contributed by atoms with Crippen molar-refractivity contribution < 1.29 is 37.0 Å². The van der Waals surface area contributed by atoms with Crippen molar-refractivity contribution in [1.29, 1.82) is 0 Å². The van der Waals surface area contributed by atoms with Gasteiger partial charge in [-0.3, -0.25) is 38.5 Å². The number of ether oxygens (including phenoxy) is 2. The number of halogens is 3. The van der Waals surface area contributed by atoms with Gasteiger partial charge in [0.25, 0.3) is 5.91 Å². The summed E-state index contributed by atoms with van der Waals surface area (Å²) in [6.07, 6.45) is 4.36. The van der Waals surface area contributed by atoms with Crippen molar-refractivity contribution in [1.82, 2.24) is 48.6 Å². The number of carbonyl (C=O) groups is 3. The zero-order chi connectivity index (χ0) is 49.7. The van der Waals surface area contributed by atoms with E-state index < -0.39 is 29.4 Å². The van der Waals surface area contributed by atoms with Crippen molar-refractivity contribution in [3.63, 3.8) is 0 Å². The highest BCUT2D eigenvalue weighted by Crippen LogP contribution is 2.38. The number of pyridine rings is 1. The molecule has 20 heteroatoms. The molecular weight excluding hydrogens is 932 g/mol. The van der Waals surface area contributed by atoms with Crippen LogP contribution in [0.4, 0.5) is 18.9 Å². The minimum absolute atomic E-state index is 0.0926. The number of imidazole rings is 1. The molecule has 2 aromatic carbocycles. The number of carbonyl (C=O) groups excluding carboxylic acids is 3. The summed E-state index contributed by atoms with van der Waals surface area (Å²) in [5.74, 6) is 0.558. The van der Waals surface area contributed by atoms with E-state index in [1.54, 1.807) is 23.5 Å². The molecular formula is C52H62F3N11O6. The van der Waals surface area contributed by atoms with E-state index in [1.165, 1.54) is 16.8 Å². The summed E-state index contributed by atoms with van der Waals surface area (Å²) in [5, 5.41) is 10.8. The number of anilines is 1. The molecule has 0 spiro atoms.